The summed E-state index contributed by atoms with van der Waals surface area (Å²) in [5.41, 5.74) is 9.06. The van der Waals surface area contributed by atoms with Crippen molar-refractivity contribution in [1.29, 1.82) is 0 Å². The molecule has 1 N–H and O–H groups in total. The van der Waals surface area contributed by atoms with E-state index >= 15 is 0 Å². The van der Waals surface area contributed by atoms with Gasteiger partial charge >= 0.3 is 6.09 Å². The second kappa shape index (κ2) is 3.68. The molecule has 0 fully saturated rings. The van der Waals surface area contributed by atoms with E-state index in [-0.39, 0.29) is 0 Å². The van der Waals surface area contributed by atoms with Crippen LogP contribution in [0.25, 0.3) is 10.4 Å². The van der Waals surface area contributed by atoms with Gasteiger partial charge < -0.3 is 4.74 Å². The molecule has 11 heavy (non-hydrogen) atoms. The molecule has 62 valence electrons. The topological polar surface area (TPSA) is 87.1 Å². The maximum absolute atomic E-state index is 10.6. The first-order chi connectivity index (χ1) is 4.95. The molecule has 6 nitrogen and oxygen atoms in total. The zero-order valence-electron chi connectivity index (χ0n) is 6.66. The largest absolute Gasteiger partial charge is 0.508 e. The number of carbonyl (C=O) groups excluding carboxylic acids is 1. The lowest BCUT2D eigenvalue weighted by Gasteiger charge is -2.16. The average molecular weight is 158 g/mol. The molecule has 6 heteroatoms. The lowest BCUT2D eigenvalue weighted by molar-refractivity contribution is 0.0528. The highest BCUT2D eigenvalue weighted by molar-refractivity contribution is 5.67. The van der Waals surface area contributed by atoms with Gasteiger partial charge in [0.05, 0.1) is 0 Å². The van der Waals surface area contributed by atoms with E-state index in [0.717, 1.165) is 0 Å². The molecule has 0 rings (SSSR count). The second-order valence-corrected chi connectivity index (χ2v) is 2.80. The zero-order chi connectivity index (χ0) is 8.91. The van der Waals surface area contributed by atoms with Gasteiger partial charge in [-0.25, -0.2) is 0 Å². The van der Waals surface area contributed by atoms with Crippen molar-refractivity contribution >= 4 is 6.09 Å². The third-order valence-electron chi connectivity index (χ3n) is 0.585. The van der Waals surface area contributed by atoms with Crippen LogP contribution >= 0.6 is 0 Å². The maximum atomic E-state index is 10.6. The highest BCUT2D eigenvalue weighted by atomic mass is 16.6. The van der Waals surface area contributed by atoms with E-state index in [1.165, 1.54) is 0 Å². The van der Waals surface area contributed by atoms with Crippen molar-refractivity contribution in [3.8, 4) is 0 Å². The molecule has 0 aliphatic rings. The molecular weight excluding hydrogens is 148 g/mol. The van der Waals surface area contributed by atoms with Crippen LogP contribution in [0.2, 0.25) is 0 Å². The van der Waals surface area contributed by atoms with Crippen molar-refractivity contribution in [2.45, 2.75) is 26.4 Å². The third kappa shape index (κ3) is 6.47. The lowest BCUT2D eigenvalue weighted by Crippen LogP contribution is -2.29. The van der Waals surface area contributed by atoms with Crippen LogP contribution in [0.1, 0.15) is 20.8 Å². The van der Waals surface area contributed by atoms with Gasteiger partial charge in [-0.05, 0) is 26.0 Å². The number of ether oxygens (including phenoxy) is 1. The van der Waals surface area contributed by atoms with Gasteiger partial charge in [0.15, 0.2) is 0 Å². The van der Waals surface area contributed by atoms with Crippen molar-refractivity contribution in [3.05, 3.63) is 10.4 Å². The fourth-order valence-electron chi connectivity index (χ4n) is 0.364. The van der Waals surface area contributed by atoms with E-state index in [0.29, 0.717) is 0 Å². The third-order valence-corrected chi connectivity index (χ3v) is 0.585. The summed E-state index contributed by atoms with van der Waals surface area (Å²) in [7, 11) is 0. The summed E-state index contributed by atoms with van der Waals surface area (Å²) in [5.74, 6) is 0. The highest BCUT2D eigenvalue weighted by Gasteiger charge is 2.17. The molecule has 0 saturated carbocycles. The van der Waals surface area contributed by atoms with Crippen molar-refractivity contribution < 1.29 is 9.53 Å². The molecule has 1 amide bonds. The Labute approximate surface area is 64.1 Å². The predicted molar refractivity (Wildman–Crippen MR) is 38.5 cm³/mol. The van der Waals surface area contributed by atoms with E-state index in [1.54, 1.807) is 20.8 Å². The van der Waals surface area contributed by atoms with Gasteiger partial charge in [0, 0.05) is 0 Å². The molecule has 0 aromatic carbocycles. The highest BCUT2D eigenvalue weighted by Crippen LogP contribution is 2.05. The van der Waals surface area contributed by atoms with Crippen LogP contribution in [0.5, 0.6) is 0 Å². The van der Waals surface area contributed by atoms with Crippen molar-refractivity contribution in [2.24, 2.45) is 5.22 Å². The summed E-state index contributed by atoms with van der Waals surface area (Å²) in [5, 5.41) is 2.81. The van der Waals surface area contributed by atoms with Gasteiger partial charge in [0.1, 0.15) is 5.60 Å². The summed E-state index contributed by atoms with van der Waals surface area (Å²) in [4.78, 5) is 12.9. The van der Waals surface area contributed by atoms with Crippen LogP contribution < -0.4 is 5.43 Å². The van der Waals surface area contributed by atoms with E-state index in [9.17, 15) is 4.79 Å². The van der Waals surface area contributed by atoms with Crippen LogP contribution in [0.4, 0.5) is 4.79 Å². The minimum absolute atomic E-state index is 0.574. The van der Waals surface area contributed by atoms with E-state index < -0.39 is 11.7 Å². The van der Waals surface area contributed by atoms with Gasteiger partial charge in [0.25, 0.3) is 0 Å². The Balaban J connectivity index is 3.79. The minimum Gasteiger partial charge on any atom is -0.425 e. The van der Waals surface area contributed by atoms with Crippen molar-refractivity contribution in [3.63, 3.8) is 0 Å². The predicted octanol–water partition coefficient (Wildman–Crippen LogP) is 1.74. The Morgan fingerprint density at radius 3 is 2.55 bits per heavy atom. The number of nitrogens with zero attached hydrogens (tertiary/aromatic N) is 3. The summed E-state index contributed by atoms with van der Waals surface area (Å²) >= 11 is 0. The van der Waals surface area contributed by atoms with E-state index in [2.05, 4.69) is 10.1 Å². The molecule has 0 aromatic rings. The summed E-state index contributed by atoms with van der Waals surface area (Å²) < 4.78 is 4.72. The Hall–Kier alpha value is -1.42. The first-order valence-corrected chi connectivity index (χ1v) is 2.99. The average Bonchev–Trinajstić information content (AvgIpc) is 1.79. The molecule has 0 saturated heterocycles. The molecule has 0 aromatic heterocycles. The number of amides is 1. The van der Waals surface area contributed by atoms with Gasteiger partial charge in [0.2, 0.25) is 0 Å². The monoisotopic (exact) mass is 158 g/mol. The van der Waals surface area contributed by atoms with Gasteiger partial charge in [-0.1, -0.05) is 0 Å². The molecule has 0 aliphatic heterocycles. The Morgan fingerprint density at radius 1 is 1.64 bits per heavy atom. The number of hydrogen-bond donors (Lipinski definition) is 1. The number of carbonyl (C=O) groups is 1. The van der Waals surface area contributed by atoms with Gasteiger partial charge in [-0.3, -0.25) is 0 Å². The van der Waals surface area contributed by atoms with Crippen LogP contribution in [0, 0.1) is 0 Å². The second-order valence-electron chi connectivity index (χ2n) is 2.80. The minimum atomic E-state index is -0.754. The number of rotatable bonds is 1. The Bertz CT molecular complexity index is 189. The smallest absolute Gasteiger partial charge is 0.425 e. The van der Waals surface area contributed by atoms with Crippen molar-refractivity contribution in [1.82, 2.24) is 5.43 Å². The summed E-state index contributed by atoms with van der Waals surface area (Å²) in [6.07, 6.45) is -0.754. The molecule has 0 atom stereocenters. The van der Waals surface area contributed by atoms with E-state index in [1.807, 2.05) is 5.43 Å². The van der Waals surface area contributed by atoms with E-state index in [4.69, 9.17) is 10.3 Å². The Kier molecular flexibility index (Phi) is 3.20. The normalized spacial score (nSPS) is 9.73. The molecule has 0 unspecified atom stereocenters. The first kappa shape index (κ1) is 9.58. The molecule has 0 radical (unpaired) electrons. The quantitative estimate of drug-likeness (QED) is 0.272. The van der Waals surface area contributed by atoms with Crippen LogP contribution in [-0.2, 0) is 4.74 Å². The fraction of sp³-hybridized carbons (Fsp3) is 0.800. The van der Waals surface area contributed by atoms with Gasteiger partial charge in [-0.15, -0.1) is 5.53 Å². The van der Waals surface area contributed by atoms with Crippen molar-refractivity contribution in [2.75, 3.05) is 0 Å². The molecule has 0 spiro atoms. The summed E-state index contributed by atoms with van der Waals surface area (Å²) in [6, 6.07) is 0. The number of nitrogens with one attached hydrogen (secondary N) is 1. The first-order valence-electron chi connectivity index (χ1n) is 2.99. The standard InChI is InChI=1S/C5H10N4O2/c1-5(2,3)11-4(10)7-9-8-6/h1-3H3,(H,7,10). The number of azide groups is 1. The number of hydrogen-bond acceptors (Lipinski definition) is 3. The molecular formula is C5H10N4O2. The molecule has 0 heterocycles. The zero-order valence-corrected chi connectivity index (χ0v) is 6.66. The van der Waals surface area contributed by atoms with Crippen LogP contribution in [0.15, 0.2) is 5.22 Å². The molecule has 0 aliphatic carbocycles. The summed E-state index contributed by atoms with van der Waals surface area (Å²) in [6.45, 7) is 5.13. The van der Waals surface area contributed by atoms with Crippen LogP contribution in [-0.4, -0.2) is 11.7 Å². The van der Waals surface area contributed by atoms with Crippen LogP contribution in [0.3, 0.4) is 0 Å². The lowest BCUT2D eigenvalue weighted by atomic mass is 10.2. The van der Waals surface area contributed by atoms with Gasteiger partial charge in [-0.2, -0.15) is 15.1 Å². The maximum Gasteiger partial charge on any atom is 0.508 e. The fourth-order valence-corrected chi connectivity index (χ4v) is 0.364. The molecule has 0 bridgehead atoms. The SMILES string of the molecule is CC(C)(C)OC(=O)NN=[N+]=[N-]. The Morgan fingerprint density at radius 2 is 2.18 bits per heavy atom.